The number of carboxylic acid groups (broad SMARTS) is 1. The monoisotopic (exact) mass is 313 g/mol. The Bertz CT molecular complexity index is 511. The standard InChI is InChI=1S/C13H19N3O4S/c1-9-16-10(7-21-9)6-14-12(19)15-8-13(11(17)18)2-4-20-5-3-13/h7H,2-6,8H2,1H3,(H,17,18)(H2,14,15,19). The molecule has 0 spiro atoms. The molecule has 2 amide bonds. The number of rotatable bonds is 5. The van der Waals surface area contributed by atoms with Gasteiger partial charge in [0.15, 0.2) is 0 Å². The molecule has 1 aliphatic rings. The summed E-state index contributed by atoms with van der Waals surface area (Å²) in [6, 6.07) is -0.382. The van der Waals surface area contributed by atoms with Crippen LogP contribution in [0.25, 0.3) is 0 Å². The highest BCUT2D eigenvalue weighted by Crippen LogP contribution is 2.29. The maximum Gasteiger partial charge on any atom is 0.315 e. The first kappa shape index (κ1) is 15.7. The number of nitrogens with zero attached hydrogens (tertiary/aromatic N) is 1. The number of carbonyl (C=O) groups excluding carboxylic acids is 1. The first-order chi connectivity index (χ1) is 10.0. The van der Waals surface area contributed by atoms with Gasteiger partial charge in [0.2, 0.25) is 0 Å². The van der Waals surface area contributed by atoms with Crippen LogP contribution in [0.3, 0.4) is 0 Å². The fourth-order valence-corrected chi connectivity index (χ4v) is 2.81. The third-order valence-electron chi connectivity index (χ3n) is 3.59. The Morgan fingerprint density at radius 1 is 1.43 bits per heavy atom. The van der Waals surface area contributed by atoms with Crippen LogP contribution in [-0.4, -0.2) is 41.8 Å². The molecule has 3 N–H and O–H groups in total. The lowest BCUT2D eigenvalue weighted by atomic mass is 9.80. The summed E-state index contributed by atoms with van der Waals surface area (Å²) < 4.78 is 5.19. The van der Waals surface area contributed by atoms with E-state index in [0.29, 0.717) is 32.6 Å². The first-order valence-corrected chi connectivity index (χ1v) is 7.64. The van der Waals surface area contributed by atoms with Gasteiger partial charge in [-0.05, 0) is 19.8 Å². The lowest BCUT2D eigenvalue weighted by Crippen LogP contribution is -2.48. The summed E-state index contributed by atoms with van der Waals surface area (Å²) in [5.74, 6) is -0.888. The fraction of sp³-hybridized carbons (Fsp3) is 0.615. The van der Waals surface area contributed by atoms with Crippen molar-refractivity contribution in [1.29, 1.82) is 0 Å². The smallest absolute Gasteiger partial charge is 0.315 e. The summed E-state index contributed by atoms with van der Waals surface area (Å²) in [6.45, 7) is 3.16. The van der Waals surface area contributed by atoms with Crippen molar-refractivity contribution in [3.8, 4) is 0 Å². The zero-order valence-corrected chi connectivity index (χ0v) is 12.7. The van der Waals surface area contributed by atoms with Crippen molar-refractivity contribution >= 4 is 23.3 Å². The molecule has 1 saturated heterocycles. The van der Waals surface area contributed by atoms with Gasteiger partial charge < -0.3 is 20.5 Å². The van der Waals surface area contributed by atoms with Gasteiger partial charge in [0.25, 0.3) is 0 Å². The molecule has 21 heavy (non-hydrogen) atoms. The molecule has 0 aliphatic carbocycles. The van der Waals surface area contributed by atoms with Crippen LogP contribution < -0.4 is 10.6 Å². The van der Waals surface area contributed by atoms with Gasteiger partial charge in [-0.1, -0.05) is 0 Å². The van der Waals surface area contributed by atoms with Crippen molar-refractivity contribution in [1.82, 2.24) is 15.6 Å². The Morgan fingerprint density at radius 3 is 2.71 bits per heavy atom. The topological polar surface area (TPSA) is 101 Å². The molecule has 0 saturated carbocycles. The number of aliphatic carboxylic acids is 1. The van der Waals surface area contributed by atoms with Gasteiger partial charge in [0.05, 0.1) is 22.7 Å². The van der Waals surface area contributed by atoms with E-state index < -0.39 is 11.4 Å². The molecule has 0 aromatic carbocycles. The Balaban J connectivity index is 1.80. The van der Waals surface area contributed by atoms with Crippen molar-refractivity contribution in [3.05, 3.63) is 16.1 Å². The minimum atomic E-state index is -0.924. The van der Waals surface area contributed by atoms with E-state index in [4.69, 9.17) is 4.74 Å². The van der Waals surface area contributed by atoms with E-state index in [1.54, 1.807) is 0 Å². The van der Waals surface area contributed by atoms with E-state index in [9.17, 15) is 14.7 Å². The second-order valence-corrected chi connectivity index (χ2v) is 6.15. The quantitative estimate of drug-likeness (QED) is 0.756. The number of urea groups is 1. The van der Waals surface area contributed by atoms with Gasteiger partial charge in [0.1, 0.15) is 0 Å². The molecule has 1 aromatic rings. The van der Waals surface area contributed by atoms with Crippen LogP contribution in [0.4, 0.5) is 4.79 Å². The number of aryl methyl sites for hydroxylation is 1. The van der Waals surface area contributed by atoms with Gasteiger partial charge in [-0.2, -0.15) is 0 Å². The highest BCUT2D eigenvalue weighted by atomic mass is 32.1. The van der Waals surface area contributed by atoms with E-state index in [-0.39, 0.29) is 12.6 Å². The normalized spacial score (nSPS) is 17.2. The third-order valence-corrected chi connectivity index (χ3v) is 4.41. The van der Waals surface area contributed by atoms with Gasteiger partial charge in [0, 0.05) is 25.1 Å². The number of hydrogen-bond donors (Lipinski definition) is 3. The summed E-state index contributed by atoms with van der Waals surface area (Å²) in [6.07, 6.45) is 0.821. The van der Waals surface area contributed by atoms with Crippen molar-refractivity contribution < 1.29 is 19.4 Å². The zero-order chi connectivity index (χ0) is 15.3. The lowest BCUT2D eigenvalue weighted by Gasteiger charge is -2.33. The van der Waals surface area contributed by atoms with Crippen LogP contribution in [0.2, 0.25) is 0 Å². The Morgan fingerprint density at radius 2 is 2.14 bits per heavy atom. The van der Waals surface area contributed by atoms with E-state index in [0.717, 1.165) is 10.7 Å². The molecule has 8 heteroatoms. The number of carbonyl (C=O) groups is 2. The molecule has 1 aromatic heterocycles. The van der Waals surface area contributed by atoms with Crippen LogP contribution in [-0.2, 0) is 16.1 Å². The molecule has 2 rings (SSSR count). The highest BCUT2D eigenvalue weighted by molar-refractivity contribution is 7.09. The molecule has 1 aliphatic heterocycles. The molecule has 0 unspecified atom stereocenters. The average Bonchev–Trinajstić information content (AvgIpc) is 2.89. The SMILES string of the molecule is Cc1nc(CNC(=O)NCC2(C(=O)O)CCOCC2)cs1. The number of nitrogens with one attached hydrogen (secondary N) is 2. The van der Waals surface area contributed by atoms with Gasteiger partial charge in [-0.15, -0.1) is 11.3 Å². The van der Waals surface area contributed by atoms with Crippen LogP contribution in [0.5, 0.6) is 0 Å². The van der Waals surface area contributed by atoms with Crippen LogP contribution in [0.15, 0.2) is 5.38 Å². The summed E-state index contributed by atoms with van der Waals surface area (Å²) in [4.78, 5) is 27.4. The third kappa shape index (κ3) is 4.15. The Labute approximate surface area is 126 Å². The van der Waals surface area contributed by atoms with Gasteiger partial charge >= 0.3 is 12.0 Å². The van der Waals surface area contributed by atoms with Gasteiger partial charge in [-0.3, -0.25) is 4.79 Å². The van der Waals surface area contributed by atoms with Crippen molar-refractivity contribution in [2.24, 2.45) is 5.41 Å². The molecular formula is C13H19N3O4S. The van der Waals surface area contributed by atoms with E-state index >= 15 is 0 Å². The molecule has 1 fully saturated rings. The largest absolute Gasteiger partial charge is 0.481 e. The van der Waals surface area contributed by atoms with Crippen LogP contribution in [0, 0.1) is 12.3 Å². The molecule has 0 bridgehead atoms. The predicted molar refractivity (Wildman–Crippen MR) is 77.2 cm³/mol. The summed E-state index contributed by atoms with van der Waals surface area (Å²) in [7, 11) is 0. The highest BCUT2D eigenvalue weighted by Gasteiger charge is 2.40. The van der Waals surface area contributed by atoms with Crippen molar-refractivity contribution in [3.63, 3.8) is 0 Å². The summed E-state index contributed by atoms with van der Waals surface area (Å²) in [5, 5.41) is 17.5. The Hall–Kier alpha value is -1.67. The number of hydrogen-bond acceptors (Lipinski definition) is 5. The molecule has 0 radical (unpaired) electrons. The molecule has 116 valence electrons. The lowest BCUT2D eigenvalue weighted by molar-refractivity contribution is -0.154. The Kier molecular flexibility index (Phi) is 5.13. The number of amides is 2. The van der Waals surface area contributed by atoms with Gasteiger partial charge in [-0.25, -0.2) is 9.78 Å². The second kappa shape index (κ2) is 6.86. The van der Waals surface area contributed by atoms with E-state index in [1.807, 2.05) is 12.3 Å². The molecule has 7 nitrogen and oxygen atoms in total. The van der Waals surface area contributed by atoms with Crippen LogP contribution >= 0.6 is 11.3 Å². The fourth-order valence-electron chi connectivity index (χ4n) is 2.20. The number of ether oxygens (including phenoxy) is 1. The minimum Gasteiger partial charge on any atom is -0.481 e. The predicted octanol–water partition coefficient (Wildman–Crippen LogP) is 1.13. The number of carboxylic acids is 1. The maximum atomic E-state index is 11.8. The first-order valence-electron chi connectivity index (χ1n) is 6.76. The van der Waals surface area contributed by atoms with Crippen molar-refractivity contribution in [2.45, 2.75) is 26.3 Å². The molecular weight excluding hydrogens is 294 g/mol. The summed E-state index contributed by atoms with van der Waals surface area (Å²) >= 11 is 1.52. The minimum absolute atomic E-state index is 0.105. The van der Waals surface area contributed by atoms with Crippen LogP contribution in [0.1, 0.15) is 23.5 Å². The van der Waals surface area contributed by atoms with Crippen molar-refractivity contribution in [2.75, 3.05) is 19.8 Å². The van der Waals surface area contributed by atoms with E-state index in [2.05, 4.69) is 15.6 Å². The van der Waals surface area contributed by atoms with E-state index in [1.165, 1.54) is 11.3 Å². The number of aromatic nitrogens is 1. The summed E-state index contributed by atoms with van der Waals surface area (Å²) in [5.41, 5.74) is -0.126. The maximum absolute atomic E-state index is 11.8. The zero-order valence-electron chi connectivity index (χ0n) is 11.8. The average molecular weight is 313 g/mol. The number of thiazole rings is 1. The molecule has 0 atom stereocenters. The second-order valence-electron chi connectivity index (χ2n) is 5.09. The molecule has 2 heterocycles.